The number of rotatable bonds is 5. The largest absolute Gasteiger partial charge is 0.363 e. The Morgan fingerprint density at radius 1 is 1.40 bits per heavy atom. The Kier molecular flexibility index (Phi) is 4.00. The van der Waals surface area contributed by atoms with Gasteiger partial charge in [0.25, 0.3) is 0 Å². The first-order valence-electron chi connectivity index (χ1n) is 6.68. The third kappa shape index (κ3) is 2.70. The molecule has 102 valence electrons. The van der Waals surface area contributed by atoms with E-state index in [9.17, 15) is 5.26 Å². The van der Waals surface area contributed by atoms with Crippen LogP contribution < -0.4 is 4.90 Å². The second kappa shape index (κ2) is 5.90. The molecule has 1 fully saturated rings. The van der Waals surface area contributed by atoms with Crippen molar-refractivity contribution in [2.24, 2.45) is 0 Å². The topological polar surface area (TPSA) is 27.0 Å². The Morgan fingerprint density at radius 3 is 2.85 bits per heavy atom. The van der Waals surface area contributed by atoms with Crippen molar-refractivity contribution in [1.29, 1.82) is 5.26 Å². The van der Waals surface area contributed by atoms with E-state index in [0.717, 1.165) is 22.7 Å². The number of anilines is 1. The van der Waals surface area contributed by atoms with Crippen LogP contribution in [0, 0.1) is 11.3 Å². The fourth-order valence-electron chi connectivity index (χ4n) is 2.42. The van der Waals surface area contributed by atoms with Crippen molar-refractivity contribution in [3.8, 4) is 6.07 Å². The third-order valence-electron chi connectivity index (χ3n) is 3.57. The lowest BCUT2D eigenvalue weighted by Gasteiger charge is -2.26. The van der Waals surface area contributed by atoms with Crippen molar-refractivity contribution in [1.82, 2.24) is 0 Å². The number of benzene rings is 1. The molecule has 0 radical (unpaired) electrons. The van der Waals surface area contributed by atoms with Gasteiger partial charge in [0.2, 0.25) is 0 Å². The molecule has 0 unspecified atom stereocenters. The summed E-state index contributed by atoms with van der Waals surface area (Å²) in [5, 5.41) is 13.8. The van der Waals surface area contributed by atoms with Crippen LogP contribution in [-0.2, 0) is 6.54 Å². The van der Waals surface area contributed by atoms with Gasteiger partial charge in [-0.05, 0) is 53.6 Å². The summed E-state index contributed by atoms with van der Waals surface area (Å²) >= 11 is 3.38. The van der Waals surface area contributed by atoms with Crippen LogP contribution in [0.15, 0.2) is 39.9 Å². The summed E-state index contributed by atoms with van der Waals surface area (Å²) < 4.78 is 0. The monoisotopic (exact) mass is 300 g/mol. The minimum absolute atomic E-state index is 0.596. The van der Waals surface area contributed by atoms with Gasteiger partial charge in [-0.1, -0.05) is 6.07 Å². The molecule has 1 aliphatic rings. The van der Waals surface area contributed by atoms with Crippen LogP contribution in [0.1, 0.15) is 24.0 Å². The van der Waals surface area contributed by atoms with Crippen LogP contribution in [0.4, 0.5) is 5.69 Å². The van der Waals surface area contributed by atoms with E-state index in [-0.39, 0.29) is 0 Å². The smallest absolute Gasteiger partial charge is 0.103 e. The first-order valence-corrected chi connectivity index (χ1v) is 8.85. The molecule has 2 nitrogen and oxygen atoms in total. The number of hydrogen-bond donors (Lipinski definition) is 0. The van der Waals surface area contributed by atoms with E-state index in [2.05, 4.69) is 39.9 Å². The number of nitriles is 1. The Labute approximate surface area is 128 Å². The third-order valence-corrected chi connectivity index (χ3v) is 5.08. The molecule has 20 heavy (non-hydrogen) atoms. The van der Waals surface area contributed by atoms with Crippen LogP contribution in [0.2, 0.25) is 0 Å². The zero-order valence-corrected chi connectivity index (χ0v) is 13.0. The Hall–Kier alpha value is -1.44. The van der Waals surface area contributed by atoms with Gasteiger partial charge in [-0.25, -0.2) is 0 Å². The van der Waals surface area contributed by atoms with E-state index < -0.39 is 0 Å². The van der Waals surface area contributed by atoms with Crippen molar-refractivity contribution in [3.05, 3.63) is 46.2 Å². The summed E-state index contributed by atoms with van der Waals surface area (Å²) in [4.78, 5) is 3.47. The van der Waals surface area contributed by atoms with Gasteiger partial charge in [0, 0.05) is 17.5 Å². The molecule has 1 aromatic heterocycles. The van der Waals surface area contributed by atoms with E-state index in [0.29, 0.717) is 6.04 Å². The highest BCUT2D eigenvalue weighted by Crippen LogP contribution is 2.37. The highest BCUT2D eigenvalue weighted by molar-refractivity contribution is 7.98. The van der Waals surface area contributed by atoms with E-state index in [1.165, 1.54) is 18.4 Å². The predicted octanol–water partition coefficient (Wildman–Crippen LogP) is 4.51. The summed E-state index contributed by atoms with van der Waals surface area (Å²) in [7, 11) is 0. The Balaban J connectivity index is 1.97. The number of hydrogen-bond acceptors (Lipinski definition) is 4. The van der Waals surface area contributed by atoms with E-state index >= 15 is 0 Å². The van der Waals surface area contributed by atoms with Gasteiger partial charge in [0.05, 0.1) is 11.3 Å². The zero-order valence-electron chi connectivity index (χ0n) is 11.4. The standard InChI is InChI=1S/C16H16N2S2/c1-19-16-4-2-3-15(14(16)9-17)18(13-5-6-13)10-12-7-8-20-11-12/h2-4,7-8,11,13H,5-6,10H2,1H3. The number of thioether (sulfide) groups is 1. The van der Waals surface area contributed by atoms with Crippen LogP contribution in [0.5, 0.6) is 0 Å². The fourth-order valence-corrected chi connectivity index (χ4v) is 3.65. The normalized spacial score (nSPS) is 14.0. The second-order valence-corrected chi connectivity index (χ2v) is 6.58. The van der Waals surface area contributed by atoms with E-state index in [1.807, 2.05) is 12.3 Å². The SMILES string of the molecule is CSc1cccc(N(Cc2ccsc2)C2CC2)c1C#N. The lowest BCUT2D eigenvalue weighted by atomic mass is 10.1. The summed E-state index contributed by atoms with van der Waals surface area (Å²) in [6, 6.07) is 11.3. The average molecular weight is 300 g/mol. The zero-order chi connectivity index (χ0) is 13.9. The molecule has 1 heterocycles. The molecule has 0 amide bonds. The summed E-state index contributed by atoms with van der Waals surface area (Å²) in [5.41, 5.74) is 3.25. The van der Waals surface area contributed by atoms with Gasteiger partial charge in [-0.2, -0.15) is 16.6 Å². The van der Waals surface area contributed by atoms with Gasteiger partial charge in [0.1, 0.15) is 6.07 Å². The van der Waals surface area contributed by atoms with Crippen LogP contribution in [0.25, 0.3) is 0 Å². The number of thiophene rings is 1. The van der Waals surface area contributed by atoms with E-state index in [1.54, 1.807) is 23.1 Å². The maximum absolute atomic E-state index is 9.52. The van der Waals surface area contributed by atoms with Crippen molar-refractivity contribution in [3.63, 3.8) is 0 Å². The van der Waals surface area contributed by atoms with Gasteiger partial charge >= 0.3 is 0 Å². The van der Waals surface area contributed by atoms with Crippen molar-refractivity contribution < 1.29 is 0 Å². The molecule has 4 heteroatoms. The van der Waals surface area contributed by atoms with Crippen molar-refractivity contribution in [2.45, 2.75) is 30.3 Å². The molecule has 2 aromatic rings. The van der Waals surface area contributed by atoms with Crippen molar-refractivity contribution in [2.75, 3.05) is 11.2 Å². The fraction of sp³-hybridized carbons (Fsp3) is 0.312. The van der Waals surface area contributed by atoms with Crippen LogP contribution in [-0.4, -0.2) is 12.3 Å². The molecule has 1 aliphatic carbocycles. The molecular weight excluding hydrogens is 284 g/mol. The lowest BCUT2D eigenvalue weighted by molar-refractivity contribution is 0.793. The Bertz CT molecular complexity index is 624. The van der Waals surface area contributed by atoms with E-state index in [4.69, 9.17) is 0 Å². The molecule has 1 saturated carbocycles. The molecule has 0 aliphatic heterocycles. The Morgan fingerprint density at radius 2 is 2.25 bits per heavy atom. The first-order chi connectivity index (χ1) is 9.83. The first kappa shape index (κ1) is 13.5. The highest BCUT2D eigenvalue weighted by Gasteiger charge is 2.31. The lowest BCUT2D eigenvalue weighted by Crippen LogP contribution is -2.25. The molecule has 0 N–H and O–H groups in total. The molecule has 0 atom stereocenters. The molecule has 0 bridgehead atoms. The summed E-state index contributed by atoms with van der Waals surface area (Å²) in [6.07, 6.45) is 4.50. The van der Waals surface area contributed by atoms with Gasteiger partial charge in [0.15, 0.2) is 0 Å². The minimum Gasteiger partial charge on any atom is -0.363 e. The quantitative estimate of drug-likeness (QED) is 0.760. The molecule has 0 spiro atoms. The maximum Gasteiger partial charge on any atom is 0.103 e. The molecule has 1 aromatic carbocycles. The minimum atomic E-state index is 0.596. The average Bonchev–Trinajstić information content (AvgIpc) is 3.20. The molecule has 3 rings (SSSR count). The summed E-state index contributed by atoms with van der Waals surface area (Å²) in [6.45, 7) is 0.903. The second-order valence-electron chi connectivity index (χ2n) is 4.96. The van der Waals surface area contributed by atoms with Crippen LogP contribution in [0.3, 0.4) is 0 Å². The van der Waals surface area contributed by atoms with Gasteiger partial charge in [-0.15, -0.1) is 11.8 Å². The molecule has 0 saturated heterocycles. The van der Waals surface area contributed by atoms with Gasteiger partial charge in [-0.3, -0.25) is 0 Å². The number of nitrogens with zero attached hydrogens (tertiary/aromatic N) is 2. The predicted molar refractivity (Wildman–Crippen MR) is 86.5 cm³/mol. The highest BCUT2D eigenvalue weighted by atomic mass is 32.2. The van der Waals surface area contributed by atoms with Gasteiger partial charge < -0.3 is 4.90 Å². The maximum atomic E-state index is 9.52. The summed E-state index contributed by atoms with van der Waals surface area (Å²) in [5.74, 6) is 0. The van der Waals surface area contributed by atoms with Crippen LogP contribution >= 0.6 is 23.1 Å². The molecular formula is C16H16N2S2. The van der Waals surface area contributed by atoms with Crippen molar-refractivity contribution >= 4 is 28.8 Å².